The van der Waals surface area contributed by atoms with Crippen molar-refractivity contribution >= 4 is 5.82 Å². The third kappa shape index (κ3) is 3.52. The molecule has 1 unspecified atom stereocenters. The Morgan fingerprint density at radius 3 is 2.62 bits per heavy atom. The van der Waals surface area contributed by atoms with Gasteiger partial charge >= 0.3 is 6.18 Å². The lowest BCUT2D eigenvalue weighted by Gasteiger charge is -2.30. The molecule has 2 N–H and O–H groups in total. The number of benzene rings is 1. The van der Waals surface area contributed by atoms with Gasteiger partial charge in [0.1, 0.15) is 18.1 Å². The summed E-state index contributed by atoms with van der Waals surface area (Å²) in [5.41, 5.74) is -0.319. The fourth-order valence-electron chi connectivity index (χ4n) is 2.95. The molecule has 1 aliphatic rings. The van der Waals surface area contributed by atoms with Crippen LogP contribution in [0.1, 0.15) is 18.1 Å². The number of aryl methyl sites for hydroxylation is 1. The number of fused-ring (bicyclic) bond motifs is 1. The number of β-amino-alcohol motifs (C(OH)–C–C–N with tert-alkyl or cyclic N) is 1. The maximum Gasteiger partial charge on any atom is 0.416 e. The van der Waals surface area contributed by atoms with Gasteiger partial charge in [-0.15, -0.1) is 10.2 Å². The van der Waals surface area contributed by atoms with E-state index in [9.17, 15) is 23.4 Å². The van der Waals surface area contributed by atoms with Crippen LogP contribution >= 0.6 is 0 Å². The minimum absolute atomic E-state index is 0.171. The molecule has 6 nitrogen and oxygen atoms in total. The van der Waals surface area contributed by atoms with Gasteiger partial charge in [-0.2, -0.15) is 13.2 Å². The molecule has 0 fully saturated rings. The predicted octanol–water partition coefficient (Wildman–Crippen LogP) is 2.76. The first-order chi connectivity index (χ1) is 12.2. The topological polar surface area (TPSA) is 78.7 Å². The Kier molecular flexibility index (Phi) is 4.66. The lowest BCUT2D eigenvalue weighted by molar-refractivity contribution is -0.137. The number of hydrogen-bond acceptors (Lipinski definition) is 6. The van der Waals surface area contributed by atoms with Gasteiger partial charge in [0, 0.05) is 18.2 Å². The van der Waals surface area contributed by atoms with E-state index in [1.807, 2.05) is 4.90 Å². The zero-order valence-electron chi connectivity index (χ0n) is 14.2. The van der Waals surface area contributed by atoms with E-state index in [-0.39, 0.29) is 16.8 Å². The number of rotatable bonds is 3. The number of aromatic hydroxyl groups is 1. The number of nitrogens with zero attached hydrogens (tertiary/aromatic N) is 3. The largest absolute Gasteiger partial charge is 0.507 e. The quantitative estimate of drug-likeness (QED) is 0.866. The van der Waals surface area contributed by atoms with Crippen LogP contribution in [0.25, 0.3) is 11.3 Å². The summed E-state index contributed by atoms with van der Waals surface area (Å²) < 4.78 is 44.2. The van der Waals surface area contributed by atoms with Gasteiger partial charge < -0.3 is 19.8 Å². The standard InChI is InChI=1S/C17H18F3N3O3/c1-9-5-11(17(18,19)20)6-13(25)15(9)12-7-14-16(22-21-12)23(3-4-26-14)8-10(2)24/h5-7,10,24-25H,3-4,8H2,1-2H3. The van der Waals surface area contributed by atoms with Crippen molar-refractivity contribution in [3.63, 3.8) is 0 Å². The zero-order valence-corrected chi connectivity index (χ0v) is 14.2. The highest BCUT2D eigenvalue weighted by atomic mass is 19.4. The molecule has 26 heavy (non-hydrogen) atoms. The molecular weight excluding hydrogens is 351 g/mol. The third-order valence-corrected chi connectivity index (χ3v) is 4.04. The van der Waals surface area contributed by atoms with Gasteiger partial charge in [0.25, 0.3) is 0 Å². The number of aliphatic hydroxyl groups is 1. The SMILES string of the molecule is Cc1cc(C(F)(F)F)cc(O)c1-c1cc2c(nn1)N(CC(C)O)CCO2. The van der Waals surface area contributed by atoms with E-state index < -0.39 is 23.6 Å². The average Bonchev–Trinajstić information content (AvgIpc) is 2.53. The summed E-state index contributed by atoms with van der Waals surface area (Å²) in [6, 6.07) is 3.16. The van der Waals surface area contributed by atoms with Crippen LogP contribution < -0.4 is 9.64 Å². The van der Waals surface area contributed by atoms with E-state index >= 15 is 0 Å². The predicted molar refractivity (Wildman–Crippen MR) is 88.3 cm³/mol. The van der Waals surface area contributed by atoms with Crippen molar-refractivity contribution in [3.05, 3.63) is 29.3 Å². The Labute approximate surface area is 147 Å². The highest BCUT2D eigenvalue weighted by Gasteiger charge is 2.32. The molecule has 2 aromatic rings. The molecule has 1 aromatic heterocycles. The van der Waals surface area contributed by atoms with E-state index in [1.54, 1.807) is 6.92 Å². The molecular formula is C17H18F3N3O3. The number of ether oxygens (including phenoxy) is 1. The Balaban J connectivity index is 2.01. The highest BCUT2D eigenvalue weighted by Crippen LogP contribution is 2.40. The first-order valence-electron chi connectivity index (χ1n) is 8.01. The second kappa shape index (κ2) is 6.64. The van der Waals surface area contributed by atoms with Crippen molar-refractivity contribution < 1.29 is 28.1 Å². The molecule has 0 saturated carbocycles. The fraction of sp³-hybridized carbons (Fsp3) is 0.412. The number of phenolic OH excluding ortho intramolecular Hbond substituents is 1. The monoisotopic (exact) mass is 369 g/mol. The second-order valence-corrected chi connectivity index (χ2v) is 6.25. The van der Waals surface area contributed by atoms with Crippen LogP contribution in [0.2, 0.25) is 0 Å². The maximum absolute atomic E-state index is 12.9. The van der Waals surface area contributed by atoms with Crippen molar-refractivity contribution in [1.29, 1.82) is 0 Å². The molecule has 140 valence electrons. The summed E-state index contributed by atoms with van der Waals surface area (Å²) in [6.07, 6.45) is -5.11. The van der Waals surface area contributed by atoms with Crippen molar-refractivity contribution in [3.8, 4) is 22.8 Å². The average molecular weight is 369 g/mol. The number of hydrogen-bond donors (Lipinski definition) is 2. The normalized spacial score (nSPS) is 15.4. The Morgan fingerprint density at radius 2 is 2.00 bits per heavy atom. The van der Waals surface area contributed by atoms with Gasteiger partial charge in [-0.25, -0.2) is 0 Å². The number of anilines is 1. The van der Waals surface area contributed by atoms with Gasteiger partial charge in [0.15, 0.2) is 11.6 Å². The maximum atomic E-state index is 12.9. The minimum Gasteiger partial charge on any atom is -0.507 e. The summed E-state index contributed by atoms with van der Waals surface area (Å²) in [4.78, 5) is 1.82. The number of aliphatic hydroxyl groups excluding tert-OH is 1. The molecule has 1 atom stereocenters. The summed E-state index contributed by atoms with van der Waals surface area (Å²) in [5, 5.41) is 27.8. The van der Waals surface area contributed by atoms with Crippen LogP contribution in [0.15, 0.2) is 18.2 Å². The molecule has 0 aliphatic carbocycles. The summed E-state index contributed by atoms with van der Waals surface area (Å²) >= 11 is 0. The van der Waals surface area contributed by atoms with E-state index in [0.29, 0.717) is 37.3 Å². The second-order valence-electron chi connectivity index (χ2n) is 6.25. The van der Waals surface area contributed by atoms with Gasteiger partial charge in [0.2, 0.25) is 0 Å². The molecule has 2 heterocycles. The lowest BCUT2D eigenvalue weighted by atomic mass is 10.0. The van der Waals surface area contributed by atoms with E-state index in [1.165, 1.54) is 13.0 Å². The first-order valence-corrected chi connectivity index (χ1v) is 8.01. The van der Waals surface area contributed by atoms with Crippen molar-refractivity contribution in [1.82, 2.24) is 10.2 Å². The van der Waals surface area contributed by atoms with E-state index in [4.69, 9.17) is 4.74 Å². The Hall–Kier alpha value is -2.55. The molecule has 0 amide bonds. The lowest BCUT2D eigenvalue weighted by Crippen LogP contribution is -2.38. The molecule has 9 heteroatoms. The number of halogens is 3. The van der Waals surface area contributed by atoms with Crippen LogP contribution in [0.4, 0.5) is 19.0 Å². The first kappa shape index (κ1) is 18.2. The van der Waals surface area contributed by atoms with Crippen LogP contribution in [-0.2, 0) is 6.18 Å². The van der Waals surface area contributed by atoms with Crippen LogP contribution in [0, 0.1) is 6.92 Å². The van der Waals surface area contributed by atoms with Crippen molar-refractivity contribution in [2.75, 3.05) is 24.6 Å². The van der Waals surface area contributed by atoms with Gasteiger partial charge in [0.05, 0.1) is 18.2 Å². The summed E-state index contributed by atoms with van der Waals surface area (Å²) in [5.74, 6) is 0.328. The van der Waals surface area contributed by atoms with Crippen LogP contribution in [-0.4, -0.2) is 46.2 Å². The highest BCUT2D eigenvalue weighted by molar-refractivity contribution is 5.73. The van der Waals surface area contributed by atoms with Crippen molar-refractivity contribution in [2.24, 2.45) is 0 Å². The molecule has 1 aromatic carbocycles. The van der Waals surface area contributed by atoms with Crippen LogP contribution in [0.3, 0.4) is 0 Å². The number of phenols is 1. The summed E-state index contributed by atoms with van der Waals surface area (Å²) in [6.45, 7) is 4.39. The number of alkyl halides is 3. The van der Waals surface area contributed by atoms with Gasteiger partial charge in [-0.3, -0.25) is 0 Å². The Morgan fingerprint density at radius 1 is 1.27 bits per heavy atom. The molecule has 0 radical (unpaired) electrons. The number of aromatic nitrogens is 2. The zero-order chi connectivity index (χ0) is 19.1. The fourth-order valence-corrected chi connectivity index (χ4v) is 2.95. The summed E-state index contributed by atoms with van der Waals surface area (Å²) in [7, 11) is 0. The molecule has 0 saturated heterocycles. The van der Waals surface area contributed by atoms with E-state index in [2.05, 4.69) is 10.2 Å². The van der Waals surface area contributed by atoms with Gasteiger partial charge in [-0.05, 0) is 31.5 Å². The molecule has 0 bridgehead atoms. The molecule has 0 spiro atoms. The minimum atomic E-state index is -4.55. The smallest absolute Gasteiger partial charge is 0.416 e. The molecule has 3 rings (SSSR count). The van der Waals surface area contributed by atoms with Crippen LogP contribution in [0.5, 0.6) is 11.5 Å². The van der Waals surface area contributed by atoms with Gasteiger partial charge in [-0.1, -0.05) is 0 Å². The third-order valence-electron chi connectivity index (χ3n) is 4.04. The Bertz CT molecular complexity index is 802. The molecule has 1 aliphatic heterocycles. The van der Waals surface area contributed by atoms with E-state index in [0.717, 1.165) is 6.07 Å². The van der Waals surface area contributed by atoms with Crippen molar-refractivity contribution in [2.45, 2.75) is 26.1 Å².